The lowest BCUT2D eigenvalue weighted by Gasteiger charge is -2.43. The van der Waals surface area contributed by atoms with Crippen LogP contribution in [0.15, 0.2) is 60.7 Å². The molecule has 2 aromatic rings. The summed E-state index contributed by atoms with van der Waals surface area (Å²) in [6.07, 6.45) is -4.53. The fraction of sp³-hybridized carbons (Fsp3) is 0.348. The average Bonchev–Trinajstić information content (AvgIpc) is 2.80. The van der Waals surface area contributed by atoms with Crippen molar-refractivity contribution in [1.29, 1.82) is 0 Å². The van der Waals surface area contributed by atoms with Crippen molar-refractivity contribution in [3.05, 3.63) is 71.8 Å². The van der Waals surface area contributed by atoms with Gasteiger partial charge in [-0.25, -0.2) is 9.59 Å². The molecule has 1 amide bonds. The lowest BCUT2D eigenvalue weighted by Crippen LogP contribution is -2.65. The van der Waals surface area contributed by atoms with Gasteiger partial charge in [-0.15, -0.1) is 0 Å². The van der Waals surface area contributed by atoms with Gasteiger partial charge in [-0.2, -0.15) is 0 Å². The van der Waals surface area contributed by atoms with E-state index in [1.165, 1.54) is 14.0 Å². The summed E-state index contributed by atoms with van der Waals surface area (Å²) < 4.78 is 22.0. The standard InChI is InChI=1S/C23H25NO8/c1-14(25)24-18-20(32-22(27)16-11-7-4-8-12-16)19(29-2)17(31-23(18)28)13-30-21(26)15-9-5-3-6-10-15/h3-12,17-20,23,28H,13H2,1-2H3,(H,24,25)/t17-,18-,19-,20-,23?/m1/s1. The van der Waals surface area contributed by atoms with E-state index in [-0.39, 0.29) is 12.2 Å². The molecule has 170 valence electrons. The van der Waals surface area contributed by atoms with Crippen LogP contribution in [0, 0.1) is 0 Å². The monoisotopic (exact) mass is 443 g/mol. The van der Waals surface area contributed by atoms with E-state index in [0.717, 1.165) is 0 Å². The highest BCUT2D eigenvalue weighted by atomic mass is 16.7. The third-order valence-corrected chi connectivity index (χ3v) is 4.95. The predicted molar refractivity (Wildman–Crippen MR) is 112 cm³/mol. The molecule has 0 bridgehead atoms. The smallest absolute Gasteiger partial charge is 0.338 e. The van der Waals surface area contributed by atoms with Gasteiger partial charge >= 0.3 is 11.9 Å². The Kier molecular flexibility index (Phi) is 7.93. The van der Waals surface area contributed by atoms with Crippen molar-refractivity contribution in [1.82, 2.24) is 5.32 Å². The third kappa shape index (κ3) is 5.70. The Morgan fingerprint density at radius 1 is 0.938 bits per heavy atom. The highest BCUT2D eigenvalue weighted by Gasteiger charge is 2.49. The van der Waals surface area contributed by atoms with Crippen LogP contribution in [0.4, 0.5) is 0 Å². The van der Waals surface area contributed by atoms with Crippen molar-refractivity contribution in [2.24, 2.45) is 0 Å². The van der Waals surface area contributed by atoms with Crippen LogP contribution in [0.1, 0.15) is 27.6 Å². The van der Waals surface area contributed by atoms with Crippen molar-refractivity contribution in [2.45, 2.75) is 37.6 Å². The molecule has 2 aromatic carbocycles. The van der Waals surface area contributed by atoms with Gasteiger partial charge in [-0.3, -0.25) is 4.79 Å². The minimum absolute atomic E-state index is 0.268. The van der Waals surface area contributed by atoms with Gasteiger partial charge in [0.05, 0.1) is 11.1 Å². The van der Waals surface area contributed by atoms with E-state index >= 15 is 0 Å². The summed E-state index contributed by atoms with van der Waals surface area (Å²) in [6, 6.07) is 15.6. The largest absolute Gasteiger partial charge is 0.459 e. The molecular formula is C23H25NO8. The first kappa shape index (κ1) is 23.4. The Labute approximate surface area is 185 Å². The maximum atomic E-state index is 12.7. The van der Waals surface area contributed by atoms with Crippen LogP contribution < -0.4 is 5.32 Å². The number of amides is 1. The molecule has 1 aliphatic rings. The van der Waals surface area contributed by atoms with Gasteiger partial charge < -0.3 is 29.4 Å². The van der Waals surface area contributed by atoms with Gasteiger partial charge in [0.2, 0.25) is 5.91 Å². The Morgan fingerprint density at radius 2 is 1.50 bits per heavy atom. The van der Waals surface area contributed by atoms with Crippen molar-refractivity contribution >= 4 is 17.8 Å². The van der Waals surface area contributed by atoms with Crippen molar-refractivity contribution < 1.29 is 38.4 Å². The van der Waals surface area contributed by atoms with Crippen LogP contribution in [-0.4, -0.2) is 67.3 Å². The zero-order valence-corrected chi connectivity index (χ0v) is 17.7. The van der Waals surface area contributed by atoms with Gasteiger partial charge in [0.15, 0.2) is 12.4 Å². The molecule has 2 N–H and O–H groups in total. The second-order valence-corrected chi connectivity index (χ2v) is 7.19. The normalized spacial score (nSPS) is 24.9. The minimum atomic E-state index is -1.53. The number of rotatable bonds is 7. The molecule has 1 saturated heterocycles. The van der Waals surface area contributed by atoms with Crippen LogP contribution in [-0.2, 0) is 23.7 Å². The molecule has 0 aromatic heterocycles. The summed E-state index contributed by atoms with van der Waals surface area (Å²) in [6.45, 7) is 0.994. The van der Waals surface area contributed by atoms with Gasteiger partial charge in [0.25, 0.3) is 0 Å². The maximum absolute atomic E-state index is 12.7. The summed E-state index contributed by atoms with van der Waals surface area (Å²) in [5, 5.41) is 13.0. The van der Waals surface area contributed by atoms with Crippen molar-refractivity contribution in [2.75, 3.05) is 13.7 Å². The van der Waals surface area contributed by atoms with Gasteiger partial charge in [-0.1, -0.05) is 36.4 Å². The SMILES string of the molecule is CO[C@H]1[C@H](OC(=O)c2ccccc2)[C@@H](NC(C)=O)C(O)O[C@@H]1COC(=O)c1ccccc1. The summed E-state index contributed by atoms with van der Waals surface area (Å²) >= 11 is 0. The highest BCUT2D eigenvalue weighted by Crippen LogP contribution is 2.26. The first-order valence-electron chi connectivity index (χ1n) is 10.0. The van der Waals surface area contributed by atoms with E-state index in [0.29, 0.717) is 5.56 Å². The number of ether oxygens (including phenoxy) is 4. The second kappa shape index (κ2) is 10.9. The molecule has 9 nitrogen and oxygen atoms in total. The minimum Gasteiger partial charge on any atom is -0.459 e. The van der Waals surface area contributed by atoms with E-state index in [1.54, 1.807) is 60.7 Å². The first-order valence-corrected chi connectivity index (χ1v) is 10.0. The molecule has 0 aliphatic carbocycles. The van der Waals surface area contributed by atoms with Crippen LogP contribution in [0.25, 0.3) is 0 Å². The lowest BCUT2D eigenvalue weighted by molar-refractivity contribution is -0.258. The zero-order chi connectivity index (χ0) is 23.1. The van der Waals surface area contributed by atoms with E-state index in [1.807, 2.05) is 0 Å². The summed E-state index contributed by atoms with van der Waals surface area (Å²) in [5.41, 5.74) is 0.637. The number of aliphatic hydroxyl groups is 1. The van der Waals surface area contributed by atoms with E-state index in [9.17, 15) is 19.5 Å². The van der Waals surface area contributed by atoms with Crippen LogP contribution in [0.2, 0.25) is 0 Å². The number of esters is 2. The third-order valence-electron chi connectivity index (χ3n) is 4.95. The first-order chi connectivity index (χ1) is 15.4. The van der Waals surface area contributed by atoms with Crippen molar-refractivity contribution in [3.63, 3.8) is 0 Å². The molecule has 0 radical (unpaired) electrons. The number of hydrogen-bond acceptors (Lipinski definition) is 8. The molecule has 1 heterocycles. The fourth-order valence-electron chi connectivity index (χ4n) is 3.45. The molecular weight excluding hydrogens is 418 g/mol. The number of carbonyl (C=O) groups excluding carboxylic acids is 3. The number of carbonyl (C=O) groups is 3. The molecule has 1 unspecified atom stereocenters. The number of benzene rings is 2. The molecule has 32 heavy (non-hydrogen) atoms. The van der Waals surface area contributed by atoms with Gasteiger partial charge in [0.1, 0.15) is 24.9 Å². The van der Waals surface area contributed by atoms with E-state index < -0.39 is 48.5 Å². The Balaban J connectivity index is 1.78. The molecule has 1 fully saturated rings. The second-order valence-electron chi connectivity index (χ2n) is 7.19. The predicted octanol–water partition coefficient (Wildman–Crippen LogP) is 1.31. The Hall–Kier alpha value is -3.27. The quantitative estimate of drug-likeness (QED) is 0.615. The maximum Gasteiger partial charge on any atom is 0.338 e. The number of methoxy groups -OCH3 is 1. The topological polar surface area (TPSA) is 120 Å². The highest BCUT2D eigenvalue weighted by molar-refractivity contribution is 5.90. The van der Waals surface area contributed by atoms with E-state index in [2.05, 4.69) is 5.32 Å². The number of nitrogens with one attached hydrogen (secondary N) is 1. The van der Waals surface area contributed by atoms with Crippen molar-refractivity contribution in [3.8, 4) is 0 Å². The van der Waals surface area contributed by atoms with Crippen LogP contribution in [0.5, 0.6) is 0 Å². The van der Waals surface area contributed by atoms with Crippen LogP contribution >= 0.6 is 0 Å². The Bertz CT molecular complexity index is 920. The average molecular weight is 443 g/mol. The fourth-order valence-corrected chi connectivity index (χ4v) is 3.45. The van der Waals surface area contributed by atoms with E-state index in [4.69, 9.17) is 18.9 Å². The number of aliphatic hydroxyl groups excluding tert-OH is 1. The molecule has 5 atom stereocenters. The lowest BCUT2D eigenvalue weighted by atomic mass is 9.96. The number of hydrogen-bond donors (Lipinski definition) is 2. The summed E-state index contributed by atoms with van der Waals surface area (Å²) in [4.78, 5) is 36.6. The zero-order valence-electron chi connectivity index (χ0n) is 17.7. The Morgan fingerprint density at radius 3 is 2.03 bits per heavy atom. The summed E-state index contributed by atoms with van der Waals surface area (Å²) in [7, 11) is 1.37. The molecule has 0 saturated carbocycles. The summed E-state index contributed by atoms with van der Waals surface area (Å²) in [5.74, 6) is -1.70. The molecule has 9 heteroatoms. The molecule has 0 spiro atoms. The van der Waals surface area contributed by atoms with Crippen LogP contribution in [0.3, 0.4) is 0 Å². The van der Waals surface area contributed by atoms with Gasteiger partial charge in [0, 0.05) is 14.0 Å². The van der Waals surface area contributed by atoms with Gasteiger partial charge in [-0.05, 0) is 24.3 Å². The molecule has 1 aliphatic heterocycles. The molecule has 3 rings (SSSR count).